The van der Waals surface area contributed by atoms with E-state index in [9.17, 15) is 0 Å². The minimum Gasteiger partial charge on any atom is -0.355 e. The zero-order chi connectivity index (χ0) is 11.4. The summed E-state index contributed by atoms with van der Waals surface area (Å²) in [4.78, 5) is 3.38. The first-order valence-electron chi connectivity index (χ1n) is 4.81. The van der Waals surface area contributed by atoms with E-state index in [1.165, 1.54) is 21.8 Å². The molecule has 3 aromatic rings. The molecule has 0 unspecified atom stereocenters. The van der Waals surface area contributed by atoms with Crippen LogP contribution in [0.15, 0.2) is 48.5 Å². The van der Waals surface area contributed by atoms with Crippen molar-refractivity contribution in [2.45, 2.75) is 0 Å². The maximum absolute atomic E-state index is 3.96. The van der Waals surface area contributed by atoms with Gasteiger partial charge in [-0.2, -0.15) is 0 Å². The Balaban J connectivity index is 0.000000292. The second kappa shape index (κ2) is 4.99. The van der Waals surface area contributed by atoms with Gasteiger partial charge < -0.3 is 4.98 Å². The maximum Gasteiger partial charge on any atom is 0.0464 e. The maximum atomic E-state index is 3.96. The zero-order valence-corrected chi connectivity index (χ0v) is 10.1. The highest BCUT2D eigenvalue weighted by Gasteiger charge is 2.00. The minimum absolute atomic E-state index is 1.21. The van der Waals surface area contributed by atoms with Gasteiger partial charge in [0.15, 0.2) is 0 Å². The van der Waals surface area contributed by atoms with Crippen molar-refractivity contribution in [2.24, 2.45) is 0 Å². The topological polar surface area (TPSA) is 15.8 Å². The number of H-pyrrole nitrogens is 1. The van der Waals surface area contributed by atoms with Crippen molar-refractivity contribution in [3.05, 3.63) is 48.5 Å². The van der Waals surface area contributed by atoms with Gasteiger partial charge in [-0.25, -0.2) is 0 Å². The number of benzene rings is 2. The fourth-order valence-electron chi connectivity index (χ4n) is 1.80. The summed E-state index contributed by atoms with van der Waals surface area (Å²) in [7, 11) is 0. The van der Waals surface area contributed by atoms with Gasteiger partial charge in [0, 0.05) is 26.1 Å². The third-order valence-corrected chi connectivity index (χ3v) is 2.41. The van der Waals surface area contributed by atoms with Gasteiger partial charge in [-0.05, 0) is 36.6 Å². The fraction of sp³-hybridized carbons (Fsp3) is 0. The van der Waals surface area contributed by atoms with Gasteiger partial charge in [0.25, 0.3) is 0 Å². The summed E-state index contributed by atoms with van der Waals surface area (Å²) in [5.41, 5.74) is 2.42. The normalized spacial score (nSPS) is 9.50. The molecule has 1 nitrogen and oxygen atoms in total. The van der Waals surface area contributed by atoms with E-state index in [2.05, 4.69) is 78.0 Å². The Morgan fingerprint density at radius 3 is 1.56 bits per heavy atom. The smallest absolute Gasteiger partial charge is 0.0464 e. The number of thiocarbonyl (C=S) groups is 2. The standard InChI is InChI=1S/C12H9N.CS2/c1-3-7-11-9(5-1)10-6-2-4-8-12(10)13-11;2-1-3/h1-8,13H;. The number of nitrogens with one attached hydrogen (secondary N) is 1. The lowest BCUT2D eigenvalue weighted by Crippen LogP contribution is -1.62. The Hall–Kier alpha value is -1.54. The van der Waals surface area contributed by atoms with Gasteiger partial charge in [0.2, 0.25) is 0 Å². The van der Waals surface area contributed by atoms with Gasteiger partial charge in [0.05, 0.1) is 0 Å². The molecule has 2 aromatic carbocycles. The molecule has 0 aliphatic heterocycles. The average Bonchev–Trinajstić information content (AvgIpc) is 2.68. The van der Waals surface area contributed by atoms with E-state index in [-0.39, 0.29) is 0 Å². The Morgan fingerprint density at radius 2 is 1.12 bits per heavy atom. The quantitative estimate of drug-likeness (QED) is 0.591. The van der Waals surface area contributed by atoms with E-state index in [0.29, 0.717) is 0 Å². The third-order valence-electron chi connectivity index (χ3n) is 2.41. The molecule has 3 heteroatoms. The predicted molar refractivity (Wildman–Crippen MR) is 76.0 cm³/mol. The van der Waals surface area contributed by atoms with Crippen LogP contribution in [0.4, 0.5) is 0 Å². The molecule has 0 atom stereocenters. The molecule has 0 fully saturated rings. The number of rotatable bonds is 0. The average molecular weight is 243 g/mol. The summed E-state index contributed by atoms with van der Waals surface area (Å²) in [5.74, 6) is 0. The summed E-state index contributed by atoms with van der Waals surface area (Å²) in [6, 6.07) is 16.8. The predicted octanol–water partition coefficient (Wildman–Crippen LogP) is 4.34. The molecule has 0 saturated carbocycles. The van der Waals surface area contributed by atoms with Crippen LogP contribution in [0.1, 0.15) is 0 Å². The van der Waals surface area contributed by atoms with E-state index >= 15 is 0 Å². The van der Waals surface area contributed by atoms with E-state index in [1.54, 1.807) is 0 Å². The van der Waals surface area contributed by atoms with Crippen LogP contribution < -0.4 is 0 Å². The fourth-order valence-corrected chi connectivity index (χ4v) is 1.80. The van der Waals surface area contributed by atoms with Crippen LogP contribution in [-0.2, 0) is 0 Å². The van der Waals surface area contributed by atoms with Crippen LogP contribution in [0, 0.1) is 0 Å². The highest BCUT2D eigenvalue weighted by Crippen LogP contribution is 2.24. The molecule has 1 N–H and O–H groups in total. The van der Waals surface area contributed by atoms with E-state index in [1.807, 2.05) is 4.31 Å². The molecule has 0 aliphatic carbocycles. The molecule has 1 aromatic heterocycles. The lowest BCUT2D eigenvalue weighted by Gasteiger charge is -1.87. The van der Waals surface area contributed by atoms with Crippen LogP contribution >= 0.6 is 24.4 Å². The Morgan fingerprint density at radius 1 is 0.750 bits per heavy atom. The number of fused-ring (bicyclic) bond motifs is 3. The highest BCUT2D eigenvalue weighted by molar-refractivity contribution is 7.93. The highest BCUT2D eigenvalue weighted by atomic mass is 32.1. The van der Waals surface area contributed by atoms with Crippen molar-refractivity contribution in [2.75, 3.05) is 0 Å². The number of aromatic nitrogens is 1. The van der Waals surface area contributed by atoms with Crippen LogP contribution in [-0.4, -0.2) is 9.30 Å². The second-order valence-electron chi connectivity index (χ2n) is 3.30. The van der Waals surface area contributed by atoms with Crippen LogP contribution in [0.2, 0.25) is 0 Å². The van der Waals surface area contributed by atoms with Gasteiger partial charge in [-0.3, -0.25) is 0 Å². The summed E-state index contributed by atoms with van der Waals surface area (Å²) >= 11 is 7.92. The molecule has 0 amide bonds. The number of hydrogen-bond acceptors (Lipinski definition) is 2. The number of aromatic amines is 1. The molecule has 0 spiro atoms. The molecular weight excluding hydrogens is 234 g/mol. The molecule has 78 valence electrons. The molecule has 0 saturated heterocycles. The molecule has 0 aliphatic rings. The van der Waals surface area contributed by atoms with Crippen molar-refractivity contribution in [1.82, 2.24) is 4.98 Å². The lowest BCUT2D eigenvalue weighted by molar-refractivity contribution is 1.55. The molecule has 0 radical (unpaired) electrons. The molecule has 1 heterocycles. The van der Waals surface area contributed by atoms with Crippen LogP contribution in [0.25, 0.3) is 21.8 Å². The van der Waals surface area contributed by atoms with Crippen molar-refractivity contribution in [3.63, 3.8) is 0 Å². The van der Waals surface area contributed by atoms with Crippen molar-refractivity contribution in [3.8, 4) is 0 Å². The van der Waals surface area contributed by atoms with Crippen molar-refractivity contribution < 1.29 is 0 Å². The Bertz CT molecular complexity index is 599. The number of para-hydroxylation sites is 2. The summed E-state index contributed by atoms with van der Waals surface area (Å²) in [6.07, 6.45) is 0. The molecule has 0 bridgehead atoms. The van der Waals surface area contributed by atoms with Crippen molar-refractivity contribution in [1.29, 1.82) is 0 Å². The third kappa shape index (κ3) is 2.02. The summed E-state index contributed by atoms with van der Waals surface area (Å²) < 4.78 is 1.92. The summed E-state index contributed by atoms with van der Waals surface area (Å²) in [5, 5.41) is 2.61. The van der Waals surface area contributed by atoms with Gasteiger partial charge >= 0.3 is 0 Å². The minimum atomic E-state index is 1.21. The van der Waals surface area contributed by atoms with Gasteiger partial charge in [-0.1, -0.05) is 36.4 Å². The monoisotopic (exact) mass is 243 g/mol. The molecular formula is C13H9NS2. The molecule has 16 heavy (non-hydrogen) atoms. The Labute approximate surface area is 104 Å². The summed E-state index contributed by atoms with van der Waals surface area (Å²) in [6.45, 7) is 0. The van der Waals surface area contributed by atoms with Crippen molar-refractivity contribution >= 4 is 50.6 Å². The first kappa shape index (κ1) is 11.0. The lowest BCUT2D eigenvalue weighted by atomic mass is 10.2. The molecule has 3 rings (SSSR count). The van der Waals surface area contributed by atoms with E-state index in [0.717, 1.165) is 0 Å². The van der Waals surface area contributed by atoms with E-state index < -0.39 is 0 Å². The second-order valence-corrected chi connectivity index (χ2v) is 3.97. The van der Waals surface area contributed by atoms with Gasteiger partial charge in [-0.15, -0.1) is 0 Å². The first-order chi connectivity index (χ1) is 7.86. The first-order valence-corrected chi connectivity index (χ1v) is 5.63. The zero-order valence-electron chi connectivity index (χ0n) is 8.44. The van der Waals surface area contributed by atoms with Crippen LogP contribution in [0.5, 0.6) is 0 Å². The Kier molecular flexibility index (Phi) is 3.42. The van der Waals surface area contributed by atoms with Gasteiger partial charge in [0.1, 0.15) is 0 Å². The number of hydrogen-bond donors (Lipinski definition) is 1. The largest absolute Gasteiger partial charge is 0.355 e. The van der Waals surface area contributed by atoms with Crippen LogP contribution in [0.3, 0.4) is 0 Å². The SMILES string of the molecule is S=C=S.c1ccc2c(c1)[nH]c1ccccc12. The van der Waals surface area contributed by atoms with E-state index in [4.69, 9.17) is 0 Å².